The van der Waals surface area contributed by atoms with Gasteiger partial charge in [-0.2, -0.15) is 4.31 Å². The highest BCUT2D eigenvalue weighted by molar-refractivity contribution is 7.92. The van der Waals surface area contributed by atoms with E-state index < -0.39 is 20.0 Å². The van der Waals surface area contributed by atoms with Crippen molar-refractivity contribution in [2.24, 2.45) is 0 Å². The lowest BCUT2D eigenvalue weighted by molar-refractivity contribution is 0.477. The highest BCUT2D eigenvalue weighted by Gasteiger charge is 2.27. The molecule has 1 aliphatic rings. The molecule has 2 aromatic carbocycles. The minimum Gasteiger partial charge on any atom is -0.280 e. The van der Waals surface area contributed by atoms with E-state index in [1.807, 2.05) is 13.8 Å². The monoisotopic (exact) mass is 394 g/mol. The first kappa shape index (κ1) is 18.9. The molecule has 1 N–H and O–H groups in total. The maximum atomic E-state index is 12.7. The molecule has 140 valence electrons. The standard InChI is InChI=1S/C18H22N2O4S2/c1-14-8-9-17(12-15(14)2)25(21,22)19-16-6-5-7-18(13-16)26(23,24)20-10-3-4-11-20/h5-9,12-13,19H,3-4,10-11H2,1-2H3. The topological polar surface area (TPSA) is 83.5 Å². The van der Waals surface area contributed by atoms with E-state index in [1.54, 1.807) is 24.3 Å². The summed E-state index contributed by atoms with van der Waals surface area (Å²) in [5, 5.41) is 0. The second kappa shape index (κ2) is 7.02. The fraction of sp³-hybridized carbons (Fsp3) is 0.333. The van der Waals surface area contributed by atoms with Crippen molar-refractivity contribution in [2.75, 3.05) is 17.8 Å². The number of anilines is 1. The van der Waals surface area contributed by atoms with E-state index in [4.69, 9.17) is 0 Å². The first-order chi connectivity index (χ1) is 12.2. The molecule has 3 rings (SSSR count). The fourth-order valence-electron chi connectivity index (χ4n) is 2.89. The van der Waals surface area contributed by atoms with Gasteiger partial charge in [0.15, 0.2) is 0 Å². The molecule has 0 aliphatic carbocycles. The maximum Gasteiger partial charge on any atom is 0.261 e. The highest BCUT2D eigenvalue weighted by atomic mass is 32.2. The van der Waals surface area contributed by atoms with Gasteiger partial charge < -0.3 is 0 Å². The molecule has 0 bridgehead atoms. The van der Waals surface area contributed by atoms with Crippen LogP contribution in [0.2, 0.25) is 0 Å². The highest BCUT2D eigenvalue weighted by Crippen LogP contribution is 2.25. The predicted octanol–water partition coefficient (Wildman–Crippen LogP) is 2.89. The number of benzene rings is 2. The van der Waals surface area contributed by atoms with Crippen LogP contribution in [-0.2, 0) is 20.0 Å². The van der Waals surface area contributed by atoms with Gasteiger partial charge in [-0.3, -0.25) is 4.72 Å². The van der Waals surface area contributed by atoms with Crippen LogP contribution in [0.1, 0.15) is 24.0 Å². The van der Waals surface area contributed by atoms with Crippen LogP contribution in [0.4, 0.5) is 5.69 Å². The van der Waals surface area contributed by atoms with E-state index >= 15 is 0 Å². The molecule has 26 heavy (non-hydrogen) atoms. The number of rotatable bonds is 5. The van der Waals surface area contributed by atoms with E-state index in [1.165, 1.54) is 22.5 Å². The Morgan fingerprint density at radius 1 is 0.846 bits per heavy atom. The van der Waals surface area contributed by atoms with Gasteiger partial charge in [0.05, 0.1) is 15.5 Å². The third-order valence-electron chi connectivity index (χ3n) is 4.58. The zero-order valence-corrected chi connectivity index (χ0v) is 16.4. The molecule has 0 radical (unpaired) electrons. The maximum absolute atomic E-state index is 12.7. The normalized spacial score (nSPS) is 15.9. The number of hydrogen-bond donors (Lipinski definition) is 1. The minimum atomic E-state index is -3.79. The van der Waals surface area contributed by atoms with Gasteiger partial charge >= 0.3 is 0 Å². The van der Waals surface area contributed by atoms with Crippen molar-refractivity contribution >= 4 is 25.7 Å². The largest absolute Gasteiger partial charge is 0.280 e. The van der Waals surface area contributed by atoms with Gasteiger partial charge in [0.2, 0.25) is 10.0 Å². The fourth-order valence-corrected chi connectivity index (χ4v) is 5.59. The van der Waals surface area contributed by atoms with Crippen LogP contribution in [0.5, 0.6) is 0 Å². The van der Waals surface area contributed by atoms with Crippen molar-refractivity contribution in [3.05, 3.63) is 53.6 Å². The van der Waals surface area contributed by atoms with Gasteiger partial charge in [0.1, 0.15) is 0 Å². The van der Waals surface area contributed by atoms with Crippen molar-refractivity contribution in [1.82, 2.24) is 4.31 Å². The van der Waals surface area contributed by atoms with Crippen molar-refractivity contribution in [3.8, 4) is 0 Å². The number of hydrogen-bond acceptors (Lipinski definition) is 4. The van der Waals surface area contributed by atoms with E-state index in [9.17, 15) is 16.8 Å². The molecular weight excluding hydrogens is 372 g/mol. The predicted molar refractivity (Wildman–Crippen MR) is 101 cm³/mol. The summed E-state index contributed by atoms with van der Waals surface area (Å²) < 4.78 is 54.4. The molecule has 8 heteroatoms. The van der Waals surface area contributed by atoms with Crippen molar-refractivity contribution in [1.29, 1.82) is 0 Å². The number of nitrogens with one attached hydrogen (secondary N) is 1. The lowest BCUT2D eigenvalue weighted by atomic mass is 10.1. The van der Waals surface area contributed by atoms with Crippen LogP contribution >= 0.6 is 0 Å². The van der Waals surface area contributed by atoms with Crippen molar-refractivity contribution < 1.29 is 16.8 Å². The van der Waals surface area contributed by atoms with Crippen molar-refractivity contribution in [3.63, 3.8) is 0 Å². The van der Waals surface area contributed by atoms with Crippen LogP contribution in [-0.4, -0.2) is 34.2 Å². The molecule has 6 nitrogen and oxygen atoms in total. The van der Waals surface area contributed by atoms with Gasteiger partial charge in [0.25, 0.3) is 10.0 Å². The summed E-state index contributed by atoms with van der Waals surface area (Å²) in [5.41, 5.74) is 2.10. The Labute approximate surface area is 155 Å². The van der Waals surface area contributed by atoms with Crippen molar-refractivity contribution in [2.45, 2.75) is 36.5 Å². The van der Waals surface area contributed by atoms with E-state index in [0.717, 1.165) is 24.0 Å². The van der Waals surface area contributed by atoms with Crippen LogP contribution in [0.15, 0.2) is 52.3 Å². The summed E-state index contributed by atoms with van der Waals surface area (Å²) in [6, 6.07) is 10.8. The molecule has 1 aliphatic heterocycles. The minimum absolute atomic E-state index is 0.0969. The number of aryl methyl sites for hydroxylation is 2. The van der Waals surface area contributed by atoms with E-state index in [0.29, 0.717) is 13.1 Å². The molecule has 0 spiro atoms. The average molecular weight is 395 g/mol. The second-order valence-corrected chi connectivity index (χ2v) is 10.1. The molecule has 0 aromatic heterocycles. The molecule has 2 aromatic rings. The average Bonchev–Trinajstić information content (AvgIpc) is 3.12. The summed E-state index contributed by atoms with van der Waals surface area (Å²) in [5.74, 6) is 0. The molecule has 1 fully saturated rings. The first-order valence-corrected chi connectivity index (χ1v) is 11.3. The zero-order valence-electron chi connectivity index (χ0n) is 14.8. The quantitative estimate of drug-likeness (QED) is 0.845. The van der Waals surface area contributed by atoms with Crippen LogP contribution in [0, 0.1) is 13.8 Å². The van der Waals surface area contributed by atoms with Gasteiger partial charge in [-0.05, 0) is 68.1 Å². The lowest BCUT2D eigenvalue weighted by Gasteiger charge is -2.16. The summed E-state index contributed by atoms with van der Waals surface area (Å²) in [7, 11) is -7.39. The third kappa shape index (κ3) is 3.77. The first-order valence-electron chi connectivity index (χ1n) is 8.40. The summed E-state index contributed by atoms with van der Waals surface area (Å²) in [6.07, 6.45) is 1.69. The molecule has 0 atom stereocenters. The zero-order chi connectivity index (χ0) is 18.9. The summed E-state index contributed by atoms with van der Waals surface area (Å²) in [4.78, 5) is 0.244. The Bertz CT molecular complexity index is 1020. The molecule has 0 saturated carbocycles. The molecule has 0 unspecified atom stereocenters. The van der Waals surface area contributed by atoms with E-state index in [2.05, 4.69) is 4.72 Å². The van der Waals surface area contributed by atoms with Gasteiger partial charge in [-0.1, -0.05) is 12.1 Å². The molecule has 1 heterocycles. The Balaban J connectivity index is 1.89. The summed E-state index contributed by atoms with van der Waals surface area (Å²) >= 11 is 0. The van der Waals surface area contributed by atoms with Crippen LogP contribution < -0.4 is 4.72 Å². The number of sulfonamides is 2. The van der Waals surface area contributed by atoms with Crippen LogP contribution in [0.3, 0.4) is 0 Å². The third-order valence-corrected chi connectivity index (χ3v) is 7.85. The Kier molecular flexibility index (Phi) is 5.09. The van der Waals surface area contributed by atoms with Gasteiger partial charge in [0, 0.05) is 13.1 Å². The molecule has 1 saturated heterocycles. The van der Waals surface area contributed by atoms with Crippen LogP contribution in [0.25, 0.3) is 0 Å². The SMILES string of the molecule is Cc1ccc(S(=O)(=O)Nc2cccc(S(=O)(=O)N3CCCC3)c2)cc1C. The molecule has 0 amide bonds. The Morgan fingerprint density at radius 2 is 1.54 bits per heavy atom. The van der Waals surface area contributed by atoms with Gasteiger partial charge in [-0.15, -0.1) is 0 Å². The van der Waals surface area contributed by atoms with Gasteiger partial charge in [-0.25, -0.2) is 16.8 Å². The lowest BCUT2D eigenvalue weighted by Crippen LogP contribution is -2.27. The summed E-state index contributed by atoms with van der Waals surface area (Å²) in [6.45, 7) is 4.76. The smallest absolute Gasteiger partial charge is 0.261 e. The van der Waals surface area contributed by atoms with E-state index in [-0.39, 0.29) is 15.5 Å². The second-order valence-electron chi connectivity index (χ2n) is 6.49. The Morgan fingerprint density at radius 3 is 2.19 bits per heavy atom. The Hall–Kier alpha value is -1.90. The number of nitrogens with zero attached hydrogens (tertiary/aromatic N) is 1. The molecular formula is C18H22N2O4S2.